The van der Waals surface area contributed by atoms with Crippen LogP contribution in [0.5, 0.6) is 0 Å². The second kappa shape index (κ2) is 4.79. The molecule has 3 heteroatoms. The molecule has 0 aliphatic carbocycles. The maximum absolute atomic E-state index is 10.8. The normalized spacial score (nSPS) is 9.22. The highest BCUT2D eigenvalue weighted by molar-refractivity contribution is 9.09. The van der Waals surface area contributed by atoms with E-state index in [1.54, 1.807) is 4.90 Å². The largest absolute Gasteiger partial charge is 0.345 e. The van der Waals surface area contributed by atoms with Crippen LogP contribution in [0.1, 0.15) is 13.3 Å². The van der Waals surface area contributed by atoms with Gasteiger partial charge in [0, 0.05) is 25.3 Å². The van der Waals surface area contributed by atoms with E-state index in [4.69, 9.17) is 0 Å². The number of hydrogen-bond acceptors (Lipinski definition) is 1. The summed E-state index contributed by atoms with van der Waals surface area (Å²) in [6, 6.07) is 0. The lowest BCUT2D eigenvalue weighted by molar-refractivity contribution is -0.129. The Bertz CT molecular complexity index is 95.1. The van der Waals surface area contributed by atoms with Gasteiger partial charge in [-0.15, -0.1) is 0 Å². The molecule has 0 aliphatic rings. The minimum absolute atomic E-state index is 0.203. The monoisotopic (exact) mass is 193 g/mol. The van der Waals surface area contributed by atoms with Crippen molar-refractivity contribution in [1.82, 2.24) is 4.90 Å². The van der Waals surface area contributed by atoms with Crippen molar-refractivity contribution >= 4 is 21.8 Å². The van der Waals surface area contributed by atoms with E-state index in [9.17, 15) is 4.79 Å². The summed E-state index contributed by atoms with van der Waals surface area (Å²) in [6.45, 7) is 2.67. The van der Waals surface area contributed by atoms with Crippen molar-refractivity contribution in [2.75, 3.05) is 18.9 Å². The van der Waals surface area contributed by atoms with Crippen LogP contribution in [0.25, 0.3) is 0 Å². The molecule has 0 heterocycles. The Hall–Kier alpha value is -0.0500. The molecule has 0 saturated heterocycles. The van der Waals surface area contributed by atoms with Gasteiger partial charge in [-0.1, -0.05) is 22.9 Å². The second-order valence-electron chi connectivity index (χ2n) is 1.86. The fourth-order valence-corrected chi connectivity index (χ4v) is 1.05. The molecule has 0 radical (unpaired) electrons. The maximum atomic E-state index is 10.8. The predicted molar refractivity (Wildman–Crippen MR) is 41.7 cm³/mol. The number of alkyl halides is 1. The van der Waals surface area contributed by atoms with Crippen LogP contribution in [-0.4, -0.2) is 29.7 Å². The fourth-order valence-electron chi connectivity index (χ4n) is 0.521. The van der Waals surface area contributed by atoms with Crippen LogP contribution in [0.3, 0.4) is 0 Å². The van der Waals surface area contributed by atoms with E-state index in [2.05, 4.69) is 15.9 Å². The summed E-state index contributed by atoms with van der Waals surface area (Å²) in [4.78, 5) is 12.5. The highest BCUT2D eigenvalue weighted by Crippen LogP contribution is 1.90. The van der Waals surface area contributed by atoms with Gasteiger partial charge in [0.15, 0.2) is 0 Å². The van der Waals surface area contributed by atoms with Gasteiger partial charge in [0.2, 0.25) is 5.91 Å². The smallest absolute Gasteiger partial charge is 0.222 e. The van der Waals surface area contributed by atoms with Crippen molar-refractivity contribution in [2.24, 2.45) is 0 Å². The Morgan fingerprint density at radius 3 is 2.56 bits per heavy atom. The van der Waals surface area contributed by atoms with Crippen LogP contribution >= 0.6 is 15.9 Å². The number of halogens is 1. The van der Waals surface area contributed by atoms with Gasteiger partial charge in [-0.25, -0.2) is 0 Å². The van der Waals surface area contributed by atoms with Crippen LogP contribution in [0, 0.1) is 0 Å². The first-order chi connectivity index (χ1) is 4.22. The molecule has 0 saturated carbocycles. The first kappa shape index (κ1) is 8.95. The van der Waals surface area contributed by atoms with E-state index >= 15 is 0 Å². The Kier molecular flexibility index (Phi) is 4.77. The molecule has 0 fully saturated rings. The predicted octanol–water partition coefficient (Wildman–Crippen LogP) is 1.25. The Labute approximate surface area is 64.4 Å². The molecule has 0 aromatic heterocycles. The summed E-state index contributed by atoms with van der Waals surface area (Å²) in [5.41, 5.74) is 0. The fraction of sp³-hybridized carbons (Fsp3) is 0.833. The Morgan fingerprint density at radius 1 is 1.67 bits per heavy atom. The molecule has 9 heavy (non-hydrogen) atoms. The van der Waals surface area contributed by atoms with E-state index in [0.717, 1.165) is 11.9 Å². The van der Waals surface area contributed by atoms with Gasteiger partial charge in [-0.3, -0.25) is 4.79 Å². The van der Waals surface area contributed by atoms with Crippen LogP contribution in [0.15, 0.2) is 0 Å². The van der Waals surface area contributed by atoms with E-state index in [1.807, 2.05) is 14.0 Å². The molecular weight excluding hydrogens is 182 g/mol. The molecule has 2 nitrogen and oxygen atoms in total. The molecule has 0 unspecified atom stereocenters. The SMILES string of the molecule is CCC(=O)N(C)CCBr. The molecule has 1 amide bonds. The summed E-state index contributed by atoms with van der Waals surface area (Å²) in [6.07, 6.45) is 0.601. The van der Waals surface area contributed by atoms with Gasteiger partial charge in [-0.05, 0) is 0 Å². The number of hydrogen-bond donors (Lipinski definition) is 0. The molecule has 0 N–H and O–H groups in total. The van der Waals surface area contributed by atoms with Crippen molar-refractivity contribution in [3.8, 4) is 0 Å². The molecular formula is C6H12BrNO. The average Bonchev–Trinajstić information content (AvgIpc) is 1.87. The Balaban J connectivity index is 3.45. The zero-order valence-corrected chi connectivity index (χ0v) is 7.44. The number of nitrogens with zero attached hydrogens (tertiary/aromatic N) is 1. The van der Waals surface area contributed by atoms with Gasteiger partial charge in [0.25, 0.3) is 0 Å². The molecule has 0 aromatic carbocycles. The number of carbonyl (C=O) groups excluding carboxylic acids is 1. The number of amides is 1. The lowest BCUT2D eigenvalue weighted by Crippen LogP contribution is -2.27. The third kappa shape index (κ3) is 3.51. The van der Waals surface area contributed by atoms with E-state index in [-0.39, 0.29) is 5.91 Å². The van der Waals surface area contributed by atoms with Crippen molar-refractivity contribution in [3.05, 3.63) is 0 Å². The molecule has 0 aliphatic heterocycles. The minimum atomic E-state index is 0.203. The lowest BCUT2D eigenvalue weighted by atomic mass is 10.4. The van der Waals surface area contributed by atoms with Crippen molar-refractivity contribution in [3.63, 3.8) is 0 Å². The minimum Gasteiger partial charge on any atom is -0.345 e. The Morgan fingerprint density at radius 2 is 2.22 bits per heavy atom. The topological polar surface area (TPSA) is 20.3 Å². The van der Waals surface area contributed by atoms with E-state index in [0.29, 0.717) is 6.42 Å². The van der Waals surface area contributed by atoms with Crippen LogP contribution in [0.2, 0.25) is 0 Å². The highest BCUT2D eigenvalue weighted by Gasteiger charge is 2.02. The summed E-state index contributed by atoms with van der Waals surface area (Å²) < 4.78 is 0. The van der Waals surface area contributed by atoms with Gasteiger partial charge < -0.3 is 4.90 Å². The third-order valence-corrected chi connectivity index (χ3v) is 1.50. The van der Waals surface area contributed by atoms with Crippen LogP contribution < -0.4 is 0 Å². The summed E-state index contributed by atoms with van der Waals surface area (Å²) in [5.74, 6) is 0.203. The average molecular weight is 194 g/mol. The lowest BCUT2D eigenvalue weighted by Gasteiger charge is -2.13. The zero-order valence-electron chi connectivity index (χ0n) is 5.85. The molecule has 54 valence electrons. The number of rotatable bonds is 3. The molecule has 0 spiro atoms. The van der Waals surface area contributed by atoms with Crippen LogP contribution in [0.4, 0.5) is 0 Å². The third-order valence-electron chi connectivity index (χ3n) is 1.15. The molecule has 0 atom stereocenters. The quantitative estimate of drug-likeness (QED) is 0.619. The van der Waals surface area contributed by atoms with Crippen molar-refractivity contribution in [2.45, 2.75) is 13.3 Å². The zero-order chi connectivity index (χ0) is 7.28. The summed E-state index contributed by atoms with van der Waals surface area (Å²) in [5, 5.41) is 0.856. The van der Waals surface area contributed by atoms with Gasteiger partial charge >= 0.3 is 0 Å². The molecule has 0 rings (SSSR count). The van der Waals surface area contributed by atoms with Gasteiger partial charge in [0.05, 0.1) is 0 Å². The summed E-state index contributed by atoms with van der Waals surface area (Å²) in [7, 11) is 1.81. The van der Waals surface area contributed by atoms with Crippen LogP contribution in [-0.2, 0) is 4.79 Å². The molecule has 0 aromatic rings. The van der Waals surface area contributed by atoms with Crippen molar-refractivity contribution in [1.29, 1.82) is 0 Å². The van der Waals surface area contributed by atoms with E-state index in [1.165, 1.54) is 0 Å². The first-order valence-corrected chi connectivity index (χ1v) is 4.14. The second-order valence-corrected chi connectivity index (χ2v) is 2.65. The van der Waals surface area contributed by atoms with Gasteiger partial charge in [0.1, 0.15) is 0 Å². The van der Waals surface area contributed by atoms with E-state index < -0.39 is 0 Å². The highest BCUT2D eigenvalue weighted by atomic mass is 79.9. The number of carbonyl (C=O) groups is 1. The standard InChI is InChI=1S/C6H12BrNO/c1-3-6(9)8(2)5-4-7/h3-5H2,1-2H3. The molecule has 0 bridgehead atoms. The summed E-state index contributed by atoms with van der Waals surface area (Å²) >= 11 is 3.25. The van der Waals surface area contributed by atoms with Crippen molar-refractivity contribution < 1.29 is 4.79 Å². The maximum Gasteiger partial charge on any atom is 0.222 e. The first-order valence-electron chi connectivity index (χ1n) is 3.02. The van der Waals surface area contributed by atoms with Gasteiger partial charge in [-0.2, -0.15) is 0 Å².